The van der Waals surface area contributed by atoms with Crippen molar-refractivity contribution in [2.45, 2.75) is 39.2 Å². The smallest absolute Gasteiger partial charge is 0.0695 e. The fourth-order valence-electron chi connectivity index (χ4n) is 2.94. The third kappa shape index (κ3) is 3.10. The van der Waals surface area contributed by atoms with Crippen molar-refractivity contribution in [1.29, 1.82) is 0 Å². The third-order valence-electron chi connectivity index (χ3n) is 4.15. The van der Waals surface area contributed by atoms with Gasteiger partial charge in [0.15, 0.2) is 0 Å². The van der Waals surface area contributed by atoms with Crippen LogP contribution in [-0.2, 0) is 6.54 Å². The van der Waals surface area contributed by atoms with Crippen LogP contribution in [0.1, 0.15) is 36.8 Å². The van der Waals surface area contributed by atoms with Gasteiger partial charge in [-0.3, -0.25) is 10.00 Å². The van der Waals surface area contributed by atoms with Gasteiger partial charge in [0.1, 0.15) is 0 Å². The Labute approximate surface area is 121 Å². The Balaban J connectivity index is 1.77. The zero-order valence-corrected chi connectivity index (χ0v) is 12.2. The van der Waals surface area contributed by atoms with E-state index >= 15 is 0 Å². The van der Waals surface area contributed by atoms with Crippen LogP contribution in [0.4, 0.5) is 0 Å². The summed E-state index contributed by atoms with van der Waals surface area (Å²) in [6, 6.07) is 8.67. The normalized spacial score (nSPS) is 17.1. The average molecular weight is 269 g/mol. The van der Waals surface area contributed by atoms with Crippen LogP contribution in [0, 0.1) is 6.92 Å². The summed E-state index contributed by atoms with van der Waals surface area (Å²) in [6.07, 6.45) is 7.41. The molecule has 20 heavy (non-hydrogen) atoms. The first-order chi connectivity index (χ1) is 9.83. The topological polar surface area (TPSA) is 31.9 Å². The van der Waals surface area contributed by atoms with Gasteiger partial charge in [0.25, 0.3) is 0 Å². The molecule has 1 aliphatic heterocycles. The lowest BCUT2D eigenvalue weighted by Gasteiger charge is -2.19. The van der Waals surface area contributed by atoms with Crippen molar-refractivity contribution >= 4 is 0 Å². The van der Waals surface area contributed by atoms with Gasteiger partial charge < -0.3 is 0 Å². The molecular weight excluding hydrogens is 246 g/mol. The van der Waals surface area contributed by atoms with Crippen LogP contribution < -0.4 is 0 Å². The van der Waals surface area contributed by atoms with Gasteiger partial charge in [-0.25, -0.2) is 0 Å². The van der Waals surface area contributed by atoms with Crippen molar-refractivity contribution in [3.05, 3.63) is 41.6 Å². The van der Waals surface area contributed by atoms with E-state index in [2.05, 4.69) is 46.3 Å². The summed E-state index contributed by atoms with van der Waals surface area (Å²) >= 11 is 0. The number of H-pyrrole nitrogens is 1. The highest BCUT2D eigenvalue weighted by Gasteiger charge is 2.13. The summed E-state index contributed by atoms with van der Waals surface area (Å²) < 4.78 is 0. The number of benzene rings is 1. The van der Waals surface area contributed by atoms with Gasteiger partial charge in [-0.1, -0.05) is 42.7 Å². The molecule has 0 saturated carbocycles. The molecule has 1 aliphatic rings. The van der Waals surface area contributed by atoms with Gasteiger partial charge in [0.2, 0.25) is 0 Å². The maximum absolute atomic E-state index is 4.26. The molecule has 3 rings (SSSR count). The molecule has 3 heteroatoms. The minimum atomic E-state index is 1.01. The second kappa shape index (κ2) is 6.23. The van der Waals surface area contributed by atoms with Crippen LogP contribution in [-0.4, -0.2) is 28.2 Å². The molecule has 0 aliphatic carbocycles. The van der Waals surface area contributed by atoms with E-state index in [4.69, 9.17) is 0 Å². The molecule has 0 bridgehead atoms. The summed E-state index contributed by atoms with van der Waals surface area (Å²) in [6.45, 7) is 5.58. The maximum Gasteiger partial charge on any atom is 0.0695 e. The van der Waals surface area contributed by atoms with E-state index in [1.54, 1.807) is 0 Å². The van der Waals surface area contributed by atoms with Crippen molar-refractivity contribution < 1.29 is 0 Å². The van der Waals surface area contributed by atoms with Crippen molar-refractivity contribution in [1.82, 2.24) is 15.1 Å². The SMILES string of the molecule is Cc1ccc(-c2[nH]ncc2CN2CCCCCC2)cc1. The quantitative estimate of drug-likeness (QED) is 0.920. The van der Waals surface area contributed by atoms with E-state index in [-0.39, 0.29) is 0 Å². The van der Waals surface area contributed by atoms with Crippen molar-refractivity contribution in [3.8, 4) is 11.3 Å². The summed E-state index contributed by atoms with van der Waals surface area (Å²) in [5.74, 6) is 0. The van der Waals surface area contributed by atoms with Crippen LogP contribution in [0.15, 0.2) is 30.5 Å². The van der Waals surface area contributed by atoms with Crippen LogP contribution >= 0.6 is 0 Å². The summed E-state index contributed by atoms with van der Waals surface area (Å²) in [7, 11) is 0. The molecule has 0 atom stereocenters. The van der Waals surface area contributed by atoms with Gasteiger partial charge in [0.05, 0.1) is 11.9 Å². The predicted molar refractivity (Wildman–Crippen MR) is 82.5 cm³/mol. The lowest BCUT2D eigenvalue weighted by molar-refractivity contribution is 0.277. The first kappa shape index (κ1) is 13.4. The Bertz CT molecular complexity index is 534. The first-order valence-corrected chi connectivity index (χ1v) is 7.64. The molecule has 0 amide bonds. The first-order valence-electron chi connectivity index (χ1n) is 7.64. The number of nitrogens with zero attached hydrogens (tertiary/aromatic N) is 2. The fraction of sp³-hybridized carbons (Fsp3) is 0.471. The summed E-state index contributed by atoms with van der Waals surface area (Å²) in [5, 5.41) is 7.43. The van der Waals surface area contributed by atoms with Gasteiger partial charge >= 0.3 is 0 Å². The lowest BCUT2D eigenvalue weighted by Crippen LogP contribution is -2.24. The molecule has 0 radical (unpaired) electrons. The number of rotatable bonds is 3. The molecule has 106 valence electrons. The van der Waals surface area contributed by atoms with Gasteiger partial charge in [-0.2, -0.15) is 5.10 Å². The number of hydrogen-bond acceptors (Lipinski definition) is 2. The highest BCUT2D eigenvalue weighted by atomic mass is 15.1. The molecule has 1 saturated heterocycles. The summed E-state index contributed by atoms with van der Waals surface area (Å²) in [4.78, 5) is 2.57. The zero-order chi connectivity index (χ0) is 13.8. The Morgan fingerprint density at radius 1 is 1.05 bits per heavy atom. The van der Waals surface area contributed by atoms with Crippen molar-refractivity contribution in [2.24, 2.45) is 0 Å². The Hall–Kier alpha value is -1.61. The molecule has 2 heterocycles. The number of likely N-dealkylation sites (tertiary alicyclic amines) is 1. The molecular formula is C17H23N3. The molecule has 0 spiro atoms. The van der Waals surface area contributed by atoms with E-state index in [1.807, 2.05) is 6.20 Å². The predicted octanol–water partition coefficient (Wildman–Crippen LogP) is 3.76. The molecule has 2 aromatic rings. The van der Waals surface area contributed by atoms with E-state index in [0.29, 0.717) is 0 Å². The van der Waals surface area contributed by atoms with Crippen molar-refractivity contribution in [3.63, 3.8) is 0 Å². The van der Waals surface area contributed by atoms with E-state index in [9.17, 15) is 0 Å². The Morgan fingerprint density at radius 3 is 2.45 bits per heavy atom. The second-order valence-electron chi connectivity index (χ2n) is 5.83. The highest BCUT2D eigenvalue weighted by molar-refractivity contribution is 5.62. The Kier molecular flexibility index (Phi) is 4.16. The van der Waals surface area contributed by atoms with Crippen LogP contribution in [0.5, 0.6) is 0 Å². The Morgan fingerprint density at radius 2 is 1.75 bits per heavy atom. The van der Waals surface area contributed by atoms with E-state index in [1.165, 1.54) is 61.2 Å². The minimum Gasteiger partial charge on any atom is -0.299 e. The van der Waals surface area contributed by atoms with Crippen molar-refractivity contribution in [2.75, 3.05) is 13.1 Å². The number of aromatic amines is 1. The maximum atomic E-state index is 4.26. The third-order valence-corrected chi connectivity index (χ3v) is 4.15. The van der Waals surface area contributed by atoms with E-state index < -0.39 is 0 Å². The largest absolute Gasteiger partial charge is 0.299 e. The zero-order valence-electron chi connectivity index (χ0n) is 12.2. The van der Waals surface area contributed by atoms with Gasteiger partial charge in [0, 0.05) is 12.1 Å². The fourth-order valence-corrected chi connectivity index (χ4v) is 2.94. The molecule has 1 N–H and O–H groups in total. The summed E-state index contributed by atoms with van der Waals surface area (Å²) in [5.41, 5.74) is 5.02. The number of nitrogens with one attached hydrogen (secondary N) is 1. The molecule has 1 aromatic carbocycles. The standard InChI is InChI=1S/C17H23N3/c1-14-6-8-15(9-7-14)17-16(12-18-19-17)13-20-10-4-2-3-5-11-20/h6-9,12H,2-5,10-11,13H2,1H3,(H,18,19). The number of hydrogen-bond donors (Lipinski definition) is 1. The van der Waals surface area contributed by atoms with Crippen LogP contribution in [0.3, 0.4) is 0 Å². The lowest BCUT2D eigenvalue weighted by atomic mass is 10.1. The van der Waals surface area contributed by atoms with E-state index in [0.717, 1.165) is 6.54 Å². The van der Waals surface area contributed by atoms with Gasteiger partial charge in [-0.05, 0) is 38.4 Å². The average Bonchev–Trinajstić information content (AvgIpc) is 2.75. The molecule has 3 nitrogen and oxygen atoms in total. The number of aromatic nitrogens is 2. The molecule has 1 fully saturated rings. The minimum absolute atomic E-state index is 1.01. The molecule has 0 unspecified atom stereocenters. The van der Waals surface area contributed by atoms with Crippen LogP contribution in [0.2, 0.25) is 0 Å². The second-order valence-corrected chi connectivity index (χ2v) is 5.83. The van der Waals surface area contributed by atoms with Crippen LogP contribution in [0.25, 0.3) is 11.3 Å². The van der Waals surface area contributed by atoms with Gasteiger partial charge in [-0.15, -0.1) is 0 Å². The molecule has 1 aromatic heterocycles. The highest BCUT2D eigenvalue weighted by Crippen LogP contribution is 2.23. The number of aryl methyl sites for hydroxylation is 1. The monoisotopic (exact) mass is 269 g/mol.